The Hall–Kier alpha value is -3.31. The molecule has 1 saturated heterocycles. The molecular weight excluding hydrogens is 449 g/mol. The summed E-state index contributed by atoms with van der Waals surface area (Å²) < 4.78 is 46.3. The zero-order valence-electron chi connectivity index (χ0n) is 18.8. The lowest BCUT2D eigenvalue weighted by molar-refractivity contribution is -0.146. The van der Waals surface area contributed by atoms with Gasteiger partial charge in [0, 0.05) is 31.2 Å². The molecule has 0 bridgehead atoms. The van der Waals surface area contributed by atoms with Gasteiger partial charge in [-0.25, -0.2) is 0 Å². The van der Waals surface area contributed by atoms with Crippen molar-refractivity contribution in [1.29, 1.82) is 0 Å². The first-order valence-electron chi connectivity index (χ1n) is 10.9. The molecule has 0 radical (unpaired) electrons. The molecule has 1 unspecified atom stereocenters. The minimum Gasteiger partial charge on any atom is -0.379 e. The first-order valence-corrected chi connectivity index (χ1v) is 10.9. The number of nitrogens with one attached hydrogen (secondary N) is 1. The molecule has 1 aliphatic heterocycles. The molecule has 180 valence electrons. The van der Waals surface area contributed by atoms with Crippen LogP contribution in [0.15, 0.2) is 42.5 Å². The number of carbonyl (C=O) groups excluding carboxylic acids is 1. The number of ether oxygens (including phenoxy) is 1. The van der Waals surface area contributed by atoms with Crippen LogP contribution in [-0.4, -0.2) is 69.9 Å². The van der Waals surface area contributed by atoms with E-state index in [0.717, 1.165) is 24.2 Å². The minimum absolute atomic E-state index is 0.0429. The van der Waals surface area contributed by atoms with Gasteiger partial charge in [0.2, 0.25) is 0 Å². The maximum absolute atomic E-state index is 13.4. The van der Waals surface area contributed by atoms with Gasteiger partial charge in [-0.15, -0.1) is 5.10 Å². The van der Waals surface area contributed by atoms with E-state index in [1.807, 2.05) is 38.1 Å². The fraction of sp³-hybridized carbons (Fsp3) is 0.391. The molecule has 1 atom stereocenters. The Morgan fingerprint density at radius 1 is 1.12 bits per heavy atom. The van der Waals surface area contributed by atoms with Crippen LogP contribution in [-0.2, 0) is 10.9 Å². The number of hydrogen-bond donors (Lipinski definition) is 1. The first kappa shape index (κ1) is 23.8. The standard InChI is InChI=1S/C23H25F3N6O2/c1-15-3-5-17(6-4-15)18-11-19(21(33)27-16(2)14-31-7-9-34-10-8-31)13-20(12-18)32-22(23(24,25)26)28-29-30-32/h3-6,11-13,16H,7-10,14H2,1-2H3,(H,27,33). The summed E-state index contributed by atoms with van der Waals surface area (Å²) in [6.45, 7) is 7.34. The molecule has 1 aromatic heterocycles. The third-order valence-electron chi connectivity index (χ3n) is 5.55. The van der Waals surface area contributed by atoms with Crippen LogP contribution in [0.1, 0.15) is 28.7 Å². The van der Waals surface area contributed by atoms with Gasteiger partial charge in [0.15, 0.2) is 0 Å². The Kier molecular flexibility index (Phi) is 6.94. The molecule has 1 amide bonds. The highest BCUT2D eigenvalue weighted by Gasteiger charge is 2.38. The van der Waals surface area contributed by atoms with Crippen LogP contribution < -0.4 is 5.32 Å². The molecule has 0 spiro atoms. The number of alkyl halides is 3. The molecule has 2 heterocycles. The quantitative estimate of drug-likeness (QED) is 0.591. The van der Waals surface area contributed by atoms with E-state index in [1.54, 1.807) is 6.07 Å². The molecule has 8 nitrogen and oxygen atoms in total. The number of morpholine rings is 1. The van der Waals surface area contributed by atoms with Crippen LogP contribution >= 0.6 is 0 Å². The summed E-state index contributed by atoms with van der Waals surface area (Å²) >= 11 is 0. The summed E-state index contributed by atoms with van der Waals surface area (Å²) in [5.41, 5.74) is 2.62. The number of rotatable bonds is 6. The van der Waals surface area contributed by atoms with Gasteiger partial charge in [0.25, 0.3) is 11.7 Å². The van der Waals surface area contributed by atoms with Gasteiger partial charge < -0.3 is 10.1 Å². The zero-order chi connectivity index (χ0) is 24.3. The van der Waals surface area contributed by atoms with E-state index in [2.05, 4.69) is 25.7 Å². The van der Waals surface area contributed by atoms with Gasteiger partial charge in [0.1, 0.15) is 0 Å². The number of hydrogen-bond acceptors (Lipinski definition) is 6. The van der Waals surface area contributed by atoms with Gasteiger partial charge in [-0.2, -0.15) is 17.9 Å². The number of aryl methyl sites for hydroxylation is 1. The summed E-state index contributed by atoms with van der Waals surface area (Å²) in [6.07, 6.45) is -4.75. The molecule has 34 heavy (non-hydrogen) atoms. The van der Waals surface area contributed by atoms with Gasteiger partial charge in [-0.3, -0.25) is 9.69 Å². The third kappa shape index (κ3) is 5.60. The van der Waals surface area contributed by atoms with Crippen molar-refractivity contribution < 1.29 is 22.7 Å². The molecule has 2 aromatic carbocycles. The molecule has 4 rings (SSSR count). The molecule has 0 saturated carbocycles. The largest absolute Gasteiger partial charge is 0.453 e. The topological polar surface area (TPSA) is 85.2 Å². The number of carbonyl (C=O) groups is 1. The Morgan fingerprint density at radius 2 is 1.82 bits per heavy atom. The predicted octanol–water partition coefficient (Wildman–Crippen LogP) is 3.11. The second-order valence-electron chi connectivity index (χ2n) is 8.33. The lowest BCUT2D eigenvalue weighted by atomic mass is 10.0. The second-order valence-corrected chi connectivity index (χ2v) is 8.33. The van der Waals surface area contributed by atoms with Gasteiger partial charge in [-0.05, 0) is 53.6 Å². The van der Waals surface area contributed by atoms with Crippen LogP contribution in [0.2, 0.25) is 0 Å². The summed E-state index contributed by atoms with van der Waals surface area (Å²) in [7, 11) is 0. The van der Waals surface area contributed by atoms with E-state index in [1.165, 1.54) is 12.1 Å². The van der Waals surface area contributed by atoms with Crippen molar-refractivity contribution in [3.8, 4) is 16.8 Å². The monoisotopic (exact) mass is 474 g/mol. The van der Waals surface area contributed by atoms with Gasteiger partial charge in [-0.1, -0.05) is 29.8 Å². The van der Waals surface area contributed by atoms with E-state index in [-0.39, 0.29) is 17.3 Å². The zero-order valence-corrected chi connectivity index (χ0v) is 18.8. The van der Waals surface area contributed by atoms with Crippen molar-refractivity contribution in [1.82, 2.24) is 30.4 Å². The molecular formula is C23H25F3N6O2. The maximum Gasteiger partial charge on any atom is 0.453 e. The fourth-order valence-corrected chi connectivity index (χ4v) is 3.84. The molecule has 0 aliphatic carbocycles. The van der Waals surface area contributed by atoms with Crippen LogP contribution in [0, 0.1) is 6.92 Å². The van der Waals surface area contributed by atoms with Crippen LogP contribution in [0.3, 0.4) is 0 Å². The van der Waals surface area contributed by atoms with E-state index in [9.17, 15) is 18.0 Å². The highest BCUT2D eigenvalue weighted by molar-refractivity contribution is 5.96. The van der Waals surface area contributed by atoms with Crippen molar-refractivity contribution in [2.24, 2.45) is 0 Å². The number of tetrazole rings is 1. The Balaban J connectivity index is 1.66. The van der Waals surface area contributed by atoms with Crippen molar-refractivity contribution in [2.75, 3.05) is 32.8 Å². The summed E-state index contributed by atoms with van der Waals surface area (Å²) in [6, 6.07) is 11.9. The lowest BCUT2D eigenvalue weighted by Crippen LogP contribution is -2.46. The summed E-state index contributed by atoms with van der Waals surface area (Å²) in [5.74, 6) is -1.65. The molecule has 1 aliphatic rings. The average Bonchev–Trinajstić information content (AvgIpc) is 3.31. The highest BCUT2D eigenvalue weighted by atomic mass is 19.4. The smallest absolute Gasteiger partial charge is 0.379 e. The minimum atomic E-state index is -4.75. The number of amides is 1. The van der Waals surface area contributed by atoms with Crippen molar-refractivity contribution in [3.05, 3.63) is 59.4 Å². The van der Waals surface area contributed by atoms with Crippen molar-refractivity contribution in [2.45, 2.75) is 26.1 Å². The van der Waals surface area contributed by atoms with Crippen LogP contribution in [0.25, 0.3) is 16.8 Å². The van der Waals surface area contributed by atoms with Crippen molar-refractivity contribution in [3.63, 3.8) is 0 Å². The molecule has 3 aromatic rings. The summed E-state index contributed by atoms with van der Waals surface area (Å²) in [5, 5.41) is 12.8. The predicted molar refractivity (Wildman–Crippen MR) is 119 cm³/mol. The number of benzene rings is 2. The van der Waals surface area contributed by atoms with Crippen LogP contribution in [0.4, 0.5) is 13.2 Å². The average molecular weight is 474 g/mol. The molecule has 11 heteroatoms. The lowest BCUT2D eigenvalue weighted by Gasteiger charge is -2.29. The van der Waals surface area contributed by atoms with E-state index < -0.39 is 17.9 Å². The third-order valence-corrected chi connectivity index (χ3v) is 5.55. The van der Waals surface area contributed by atoms with Gasteiger partial charge in [0.05, 0.1) is 18.9 Å². The maximum atomic E-state index is 13.4. The Bertz CT molecular complexity index is 1140. The summed E-state index contributed by atoms with van der Waals surface area (Å²) in [4.78, 5) is 15.3. The highest BCUT2D eigenvalue weighted by Crippen LogP contribution is 2.30. The fourth-order valence-electron chi connectivity index (χ4n) is 3.84. The van der Waals surface area contributed by atoms with Crippen molar-refractivity contribution >= 4 is 5.91 Å². The number of nitrogens with zero attached hydrogens (tertiary/aromatic N) is 5. The number of halogens is 3. The number of aromatic nitrogens is 4. The normalized spacial score (nSPS) is 15.8. The first-order chi connectivity index (χ1) is 16.2. The second kappa shape index (κ2) is 9.90. The molecule has 1 N–H and O–H groups in total. The Morgan fingerprint density at radius 3 is 2.50 bits per heavy atom. The SMILES string of the molecule is Cc1ccc(-c2cc(C(=O)NC(C)CN3CCOCC3)cc(-n3nnnc3C(F)(F)F)c2)cc1. The van der Waals surface area contributed by atoms with Gasteiger partial charge >= 0.3 is 6.18 Å². The van der Waals surface area contributed by atoms with E-state index >= 15 is 0 Å². The van der Waals surface area contributed by atoms with Crippen LogP contribution in [0.5, 0.6) is 0 Å². The Labute approximate surface area is 194 Å². The van der Waals surface area contributed by atoms with E-state index in [0.29, 0.717) is 30.0 Å². The van der Waals surface area contributed by atoms with E-state index in [4.69, 9.17) is 4.74 Å². The molecule has 1 fully saturated rings.